The molecule has 0 saturated heterocycles. The lowest BCUT2D eigenvalue weighted by atomic mass is 9.96. The number of hydrogen-bond acceptors (Lipinski definition) is 3. The number of nitrogens with one attached hydrogen (secondary N) is 1. The quantitative estimate of drug-likeness (QED) is 0.607. The number of benzene rings is 3. The van der Waals surface area contributed by atoms with E-state index in [0.29, 0.717) is 23.5 Å². The highest BCUT2D eigenvalue weighted by atomic mass is 16.5. The first-order valence-corrected chi connectivity index (χ1v) is 10.2. The van der Waals surface area contributed by atoms with E-state index in [1.807, 2.05) is 37.2 Å². The molecule has 30 heavy (non-hydrogen) atoms. The van der Waals surface area contributed by atoms with Crippen LogP contribution in [0.4, 0.5) is 0 Å². The van der Waals surface area contributed by atoms with Gasteiger partial charge in [0.2, 0.25) is 0 Å². The molecule has 1 N–H and O–H groups in total. The summed E-state index contributed by atoms with van der Waals surface area (Å²) in [5.74, 6) is 3.12. The number of ether oxygens (including phenoxy) is 1. The van der Waals surface area contributed by atoms with Crippen molar-refractivity contribution in [1.82, 2.24) is 10.2 Å². The second-order valence-corrected chi connectivity index (χ2v) is 8.07. The molecule has 0 spiro atoms. The van der Waals surface area contributed by atoms with Crippen molar-refractivity contribution >= 4 is 16.7 Å². The third kappa shape index (κ3) is 4.03. The van der Waals surface area contributed by atoms with E-state index in [0.717, 1.165) is 24.9 Å². The molecular weight excluding hydrogens is 372 g/mol. The van der Waals surface area contributed by atoms with Crippen molar-refractivity contribution in [3.8, 4) is 18.1 Å². The number of likely N-dealkylation sites (N-methyl/N-ethyl adjacent to an activating group) is 1. The molecule has 1 aliphatic rings. The monoisotopic (exact) mass is 398 g/mol. The lowest BCUT2D eigenvalue weighted by Gasteiger charge is -2.21. The Kier molecular flexibility index (Phi) is 5.48. The molecule has 0 heterocycles. The summed E-state index contributed by atoms with van der Waals surface area (Å²) in [7, 11) is 3.98. The molecule has 0 unspecified atom stereocenters. The van der Waals surface area contributed by atoms with Crippen molar-refractivity contribution in [2.75, 3.05) is 27.2 Å². The predicted octanol–water partition coefficient (Wildman–Crippen LogP) is 4.18. The van der Waals surface area contributed by atoms with Crippen LogP contribution in [0.5, 0.6) is 5.75 Å². The zero-order chi connectivity index (χ0) is 21.1. The molecule has 0 atom stereocenters. The average molecular weight is 399 g/mol. The lowest BCUT2D eigenvalue weighted by molar-refractivity contribution is 0.0930. The zero-order valence-electron chi connectivity index (χ0n) is 17.4. The summed E-state index contributed by atoms with van der Waals surface area (Å²) in [5, 5.41) is 5.62. The average Bonchev–Trinajstić information content (AvgIpc) is 3.53. The first-order valence-electron chi connectivity index (χ1n) is 10.2. The topological polar surface area (TPSA) is 41.6 Å². The van der Waals surface area contributed by atoms with Gasteiger partial charge in [0.1, 0.15) is 12.4 Å². The van der Waals surface area contributed by atoms with Crippen LogP contribution in [0.1, 0.15) is 34.3 Å². The second-order valence-electron chi connectivity index (χ2n) is 8.07. The Balaban J connectivity index is 1.59. The van der Waals surface area contributed by atoms with Crippen molar-refractivity contribution in [3.63, 3.8) is 0 Å². The van der Waals surface area contributed by atoms with Gasteiger partial charge in [0, 0.05) is 12.1 Å². The van der Waals surface area contributed by atoms with Gasteiger partial charge < -0.3 is 15.0 Å². The van der Waals surface area contributed by atoms with Crippen LogP contribution in [0, 0.1) is 12.3 Å². The van der Waals surface area contributed by atoms with Crippen LogP contribution in [0.2, 0.25) is 0 Å². The fourth-order valence-electron chi connectivity index (χ4n) is 3.79. The number of nitrogens with zero attached hydrogens (tertiary/aromatic N) is 1. The molecule has 4 nitrogen and oxygen atoms in total. The Morgan fingerprint density at radius 2 is 1.90 bits per heavy atom. The predicted molar refractivity (Wildman–Crippen MR) is 121 cm³/mol. The minimum absolute atomic E-state index is 0.161. The number of fused-ring (bicyclic) bond motifs is 1. The molecule has 0 bridgehead atoms. The van der Waals surface area contributed by atoms with E-state index in [9.17, 15) is 4.79 Å². The van der Waals surface area contributed by atoms with E-state index in [1.165, 1.54) is 10.8 Å². The molecule has 0 aromatic heterocycles. The van der Waals surface area contributed by atoms with Crippen LogP contribution in [-0.2, 0) is 5.54 Å². The zero-order valence-corrected chi connectivity index (χ0v) is 17.4. The molecular formula is C26H26N2O2. The molecule has 3 aromatic carbocycles. The first-order chi connectivity index (χ1) is 14.5. The molecule has 1 aliphatic carbocycles. The van der Waals surface area contributed by atoms with E-state index in [2.05, 4.69) is 41.6 Å². The number of carbonyl (C=O) groups excluding carboxylic acids is 1. The number of amides is 1. The summed E-state index contributed by atoms with van der Waals surface area (Å²) in [6, 6.07) is 19.9. The summed E-state index contributed by atoms with van der Waals surface area (Å²) >= 11 is 0. The van der Waals surface area contributed by atoms with E-state index >= 15 is 0 Å². The Labute approximate surface area is 177 Å². The summed E-state index contributed by atoms with van der Waals surface area (Å²) < 4.78 is 5.80. The fraction of sp³-hybridized carbons (Fsp3) is 0.269. The molecule has 3 aromatic rings. The van der Waals surface area contributed by atoms with Gasteiger partial charge in [0.05, 0.1) is 11.1 Å². The van der Waals surface area contributed by atoms with Crippen LogP contribution in [-0.4, -0.2) is 38.1 Å². The van der Waals surface area contributed by atoms with Crippen molar-refractivity contribution in [2.24, 2.45) is 0 Å². The third-order valence-electron chi connectivity index (χ3n) is 5.61. The maximum absolute atomic E-state index is 13.3. The molecule has 1 amide bonds. The summed E-state index contributed by atoms with van der Waals surface area (Å²) in [4.78, 5) is 15.3. The third-order valence-corrected chi connectivity index (χ3v) is 5.61. The Bertz CT molecular complexity index is 1120. The van der Waals surface area contributed by atoms with Crippen molar-refractivity contribution in [1.29, 1.82) is 0 Å². The van der Waals surface area contributed by atoms with Gasteiger partial charge >= 0.3 is 0 Å². The molecule has 4 rings (SSSR count). The molecule has 1 fully saturated rings. The smallest absolute Gasteiger partial charge is 0.253 e. The Morgan fingerprint density at radius 1 is 1.13 bits per heavy atom. The van der Waals surface area contributed by atoms with Gasteiger partial charge in [-0.25, -0.2) is 0 Å². The van der Waals surface area contributed by atoms with Crippen LogP contribution >= 0.6 is 0 Å². The van der Waals surface area contributed by atoms with Crippen LogP contribution in [0.25, 0.3) is 10.8 Å². The van der Waals surface area contributed by atoms with Gasteiger partial charge in [0.15, 0.2) is 0 Å². The highest BCUT2D eigenvalue weighted by Crippen LogP contribution is 2.48. The van der Waals surface area contributed by atoms with Crippen LogP contribution in [0.15, 0.2) is 60.7 Å². The molecule has 0 radical (unpaired) electrons. The molecule has 0 aliphatic heterocycles. The standard InChI is InChI=1S/C26H26N2O2/c1-4-19-12-13-21(30-17-16-28(2)3)18-23(19)25(29)27-26(14-15-26)24-11-7-9-20-8-5-6-10-22(20)24/h1,5-13,18H,14-17H2,2-3H3,(H,27,29). The minimum Gasteiger partial charge on any atom is -0.492 e. The van der Waals surface area contributed by atoms with Gasteiger partial charge in [-0.3, -0.25) is 4.79 Å². The van der Waals surface area contributed by atoms with E-state index in [-0.39, 0.29) is 11.4 Å². The largest absolute Gasteiger partial charge is 0.492 e. The minimum atomic E-state index is -0.342. The van der Waals surface area contributed by atoms with Gasteiger partial charge in [0.25, 0.3) is 5.91 Å². The number of rotatable bonds is 7. The van der Waals surface area contributed by atoms with Gasteiger partial charge in [-0.05, 0) is 61.5 Å². The molecule has 1 saturated carbocycles. The highest BCUT2D eigenvalue weighted by Gasteiger charge is 2.46. The maximum Gasteiger partial charge on any atom is 0.253 e. The van der Waals surface area contributed by atoms with E-state index in [1.54, 1.807) is 12.1 Å². The Morgan fingerprint density at radius 3 is 2.63 bits per heavy atom. The number of carbonyl (C=O) groups is 1. The number of terminal acetylenes is 1. The second kappa shape index (κ2) is 8.22. The normalized spacial score (nSPS) is 14.3. The highest BCUT2D eigenvalue weighted by molar-refractivity contribution is 5.98. The van der Waals surface area contributed by atoms with Gasteiger partial charge in [-0.1, -0.05) is 48.4 Å². The number of hydrogen-bond donors (Lipinski definition) is 1. The van der Waals surface area contributed by atoms with E-state index in [4.69, 9.17) is 11.2 Å². The van der Waals surface area contributed by atoms with Crippen LogP contribution in [0.3, 0.4) is 0 Å². The summed E-state index contributed by atoms with van der Waals surface area (Å²) in [5.41, 5.74) is 1.87. The van der Waals surface area contributed by atoms with E-state index < -0.39 is 0 Å². The maximum atomic E-state index is 13.3. The van der Waals surface area contributed by atoms with Crippen LogP contribution < -0.4 is 10.1 Å². The first kappa shape index (κ1) is 20.0. The Hall–Kier alpha value is -3.29. The molecule has 152 valence electrons. The van der Waals surface area contributed by atoms with Crippen molar-refractivity contribution in [2.45, 2.75) is 18.4 Å². The summed E-state index contributed by atoms with van der Waals surface area (Å²) in [6.45, 7) is 1.34. The van der Waals surface area contributed by atoms with Gasteiger partial charge in [-0.2, -0.15) is 0 Å². The SMILES string of the molecule is C#Cc1ccc(OCCN(C)C)cc1C(=O)NC1(c2cccc3ccccc23)CC1. The van der Waals surface area contributed by atoms with Crippen molar-refractivity contribution < 1.29 is 9.53 Å². The lowest BCUT2D eigenvalue weighted by Crippen LogP contribution is -2.35. The van der Waals surface area contributed by atoms with Gasteiger partial charge in [-0.15, -0.1) is 6.42 Å². The van der Waals surface area contributed by atoms with Crippen molar-refractivity contribution in [3.05, 3.63) is 77.4 Å². The summed E-state index contributed by atoms with van der Waals surface area (Å²) in [6.07, 6.45) is 7.49. The molecule has 4 heteroatoms. The fourth-order valence-corrected chi connectivity index (χ4v) is 3.79.